The Morgan fingerprint density at radius 1 is 1.15 bits per heavy atom. The zero-order valence-corrected chi connectivity index (χ0v) is 17.3. The topological polar surface area (TPSA) is 42.9 Å². The van der Waals surface area contributed by atoms with Crippen LogP contribution in [0.2, 0.25) is 0 Å². The Balaban J connectivity index is 1.85. The number of nitrogens with zero attached hydrogens (tertiary/aromatic N) is 3. The standard InChI is InChI=1S/C21H37N5/c1-6-22-21(23-15-18(3)20-9-7-8-17(2)14-20)24-16-19(4)26-12-10-25(5)11-13-26/h7-9,14,18-19H,6,10-13,15-16H2,1-5H3,(H2,22,23,24). The minimum absolute atomic E-state index is 0.453. The Labute approximate surface area is 159 Å². The molecule has 5 heteroatoms. The summed E-state index contributed by atoms with van der Waals surface area (Å²) in [5.74, 6) is 1.38. The van der Waals surface area contributed by atoms with Gasteiger partial charge in [0, 0.05) is 45.3 Å². The van der Waals surface area contributed by atoms with Crippen LogP contribution in [0.25, 0.3) is 0 Å². The Bertz CT molecular complexity index is 563. The molecule has 0 amide bonds. The maximum Gasteiger partial charge on any atom is 0.191 e. The lowest BCUT2D eigenvalue weighted by Crippen LogP contribution is -2.49. The van der Waals surface area contributed by atoms with Crippen LogP contribution in [0.15, 0.2) is 29.3 Å². The maximum absolute atomic E-state index is 4.83. The van der Waals surface area contributed by atoms with Crippen LogP contribution in [0.4, 0.5) is 0 Å². The molecule has 0 saturated carbocycles. The van der Waals surface area contributed by atoms with E-state index in [0.29, 0.717) is 12.0 Å². The second-order valence-electron chi connectivity index (χ2n) is 7.60. The van der Waals surface area contributed by atoms with E-state index >= 15 is 0 Å². The normalized spacial score (nSPS) is 19.2. The first kappa shape index (κ1) is 20.7. The van der Waals surface area contributed by atoms with Gasteiger partial charge < -0.3 is 15.5 Å². The second kappa shape index (κ2) is 10.5. The minimum Gasteiger partial charge on any atom is -0.357 e. The highest BCUT2D eigenvalue weighted by Crippen LogP contribution is 2.15. The van der Waals surface area contributed by atoms with Gasteiger partial charge in [0.1, 0.15) is 0 Å². The van der Waals surface area contributed by atoms with Crippen molar-refractivity contribution in [2.24, 2.45) is 4.99 Å². The quantitative estimate of drug-likeness (QED) is 0.579. The van der Waals surface area contributed by atoms with E-state index in [1.54, 1.807) is 0 Å². The van der Waals surface area contributed by atoms with Crippen LogP contribution in [-0.2, 0) is 0 Å². The first-order valence-electron chi connectivity index (χ1n) is 10.0. The monoisotopic (exact) mass is 359 g/mol. The van der Waals surface area contributed by atoms with E-state index in [-0.39, 0.29) is 0 Å². The number of hydrogen-bond donors (Lipinski definition) is 2. The molecule has 1 aliphatic heterocycles. The summed E-state index contributed by atoms with van der Waals surface area (Å²) in [4.78, 5) is 9.77. The zero-order chi connectivity index (χ0) is 18.9. The molecule has 1 aliphatic rings. The summed E-state index contributed by atoms with van der Waals surface area (Å²) in [6.07, 6.45) is 0. The smallest absolute Gasteiger partial charge is 0.191 e. The van der Waals surface area contributed by atoms with E-state index in [2.05, 4.69) is 79.4 Å². The molecule has 2 atom stereocenters. The van der Waals surface area contributed by atoms with E-state index in [1.807, 2.05) is 0 Å². The molecule has 0 aliphatic carbocycles. The molecule has 0 radical (unpaired) electrons. The van der Waals surface area contributed by atoms with Gasteiger partial charge in [0.05, 0.1) is 6.54 Å². The third-order valence-corrected chi connectivity index (χ3v) is 5.21. The molecule has 1 fully saturated rings. The van der Waals surface area contributed by atoms with Crippen LogP contribution in [0.3, 0.4) is 0 Å². The van der Waals surface area contributed by atoms with Crippen molar-refractivity contribution < 1.29 is 0 Å². The van der Waals surface area contributed by atoms with Gasteiger partial charge in [0.25, 0.3) is 0 Å². The average Bonchev–Trinajstić information content (AvgIpc) is 2.64. The average molecular weight is 360 g/mol. The van der Waals surface area contributed by atoms with Gasteiger partial charge in [-0.15, -0.1) is 0 Å². The van der Waals surface area contributed by atoms with Crippen molar-refractivity contribution in [3.05, 3.63) is 35.4 Å². The van der Waals surface area contributed by atoms with Crippen LogP contribution in [-0.4, -0.2) is 74.7 Å². The fourth-order valence-electron chi connectivity index (χ4n) is 3.29. The molecule has 0 aromatic heterocycles. The van der Waals surface area contributed by atoms with Gasteiger partial charge in [-0.05, 0) is 39.3 Å². The summed E-state index contributed by atoms with van der Waals surface area (Å²) >= 11 is 0. The highest BCUT2D eigenvalue weighted by atomic mass is 15.3. The number of nitrogens with one attached hydrogen (secondary N) is 2. The zero-order valence-electron chi connectivity index (χ0n) is 17.3. The molecule has 146 valence electrons. The van der Waals surface area contributed by atoms with Crippen molar-refractivity contribution in [3.63, 3.8) is 0 Å². The summed E-state index contributed by atoms with van der Waals surface area (Å²) < 4.78 is 0. The number of aliphatic imine (C=N–C) groups is 1. The molecule has 2 N–H and O–H groups in total. The molecule has 1 aromatic carbocycles. The third kappa shape index (κ3) is 6.61. The van der Waals surface area contributed by atoms with Gasteiger partial charge in [0.2, 0.25) is 0 Å². The van der Waals surface area contributed by atoms with Crippen molar-refractivity contribution >= 4 is 5.96 Å². The summed E-state index contributed by atoms with van der Waals surface area (Å²) in [6, 6.07) is 9.24. The Kier molecular flexibility index (Phi) is 8.39. The molecule has 26 heavy (non-hydrogen) atoms. The van der Waals surface area contributed by atoms with E-state index in [9.17, 15) is 0 Å². The Morgan fingerprint density at radius 3 is 2.54 bits per heavy atom. The summed E-state index contributed by atoms with van der Waals surface area (Å²) in [6.45, 7) is 16.0. The van der Waals surface area contributed by atoms with Gasteiger partial charge in [-0.25, -0.2) is 0 Å². The number of hydrogen-bond acceptors (Lipinski definition) is 3. The summed E-state index contributed by atoms with van der Waals surface area (Å²) in [7, 11) is 2.20. The molecule has 1 heterocycles. The van der Waals surface area contributed by atoms with Crippen LogP contribution >= 0.6 is 0 Å². The first-order valence-corrected chi connectivity index (χ1v) is 10.0. The number of likely N-dealkylation sites (N-methyl/N-ethyl adjacent to an activating group) is 1. The van der Waals surface area contributed by atoms with E-state index < -0.39 is 0 Å². The highest BCUT2D eigenvalue weighted by molar-refractivity contribution is 5.79. The first-order chi connectivity index (χ1) is 12.5. The van der Waals surface area contributed by atoms with E-state index in [1.165, 1.54) is 11.1 Å². The molecule has 0 spiro atoms. The number of aryl methyl sites for hydroxylation is 1. The number of rotatable bonds is 7. The Hall–Kier alpha value is -1.59. The number of guanidine groups is 1. The van der Waals surface area contributed by atoms with Gasteiger partial charge in [-0.2, -0.15) is 0 Å². The fraction of sp³-hybridized carbons (Fsp3) is 0.667. The van der Waals surface area contributed by atoms with Crippen molar-refractivity contribution in [2.75, 3.05) is 52.9 Å². The van der Waals surface area contributed by atoms with Crippen LogP contribution in [0, 0.1) is 6.92 Å². The number of benzene rings is 1. The number of piperazine rings is 1. The molecular formula is C21H37N5. The predicted octanol–water partition coefficient (Wildman–Crippen LogP) is 2.29. The third-order valence-electron chi connectivity index (χ3n) is 5.21. The van der Waals surface area contributed by atoms with Gasteiger partial charge >= 0.3 is 0 Å². The van der Waals surface area contributed by atoms with Crippen LogP contribution < -0.4 is 10.6 Å². The largest absolute Gasteiger partial charge is 0.357 e. The lowest BCUT2D eigenvalue weighted by Gasteiger charge is -2.35. The van der Waals surface area contributed by atoms with Gasteiger partial charge in [0.15, 0.2) is 5.96 Å². The fourth-order valence-corrected chi connectivity index (χ4v) is 3.29. The molecule has 2 unspecified atom stereocenters. The van der Waals surface area contributed by atoms with Gasteiger partial charge in [-0.3, -0.25) is 9.89 Å². The minimum atomic E-state index is 0.453. The molecule has 1 saturated heterocycles. The van der Waals surface area contributed by atoms with Crippen molar-refractivity contribution in [1.29, 1.82) is 0 Å². The molecule has 5 nitrogen and oxygen atoms in total. The van der Waals surface area contributed by atoms with Crippen molar-refractivity contribution in [1.82, 2.24) is 20.4 Å². The molecule has 2 rings (SSSR count). The lowest BCUT2D eigenvalue weighted by atomic mass is 9.99. The summed E-state index contributed by atoms with van der Waals surface area (Å²) in [5.41, 5.74) is 2.69. The predicted molar refractivity (Wildman–Crippen MR) is 112 cm³/mol. The SMILES string of the molecule is CCNC(=NCC(C)N1CCN(C)CC1)NCC(C)c1cccc(C)c1. The summed E-state index contributed by atoms with van der Waals surface area (Å²) in [5, 5.41) is 6.89. The van der Waals surface area contributed by atoms with E-state index in [4.69, 9.17) is 4.99 Å². The second-order valence-corrected chi connectivity index (χ2v) is 7.60. The molecule has 1 aromatic rings. The highest BCUT2D eigenvalue weighted by Gasteiger charge is 2.18. The van der Waals surface area contributed by atoms with Crippen LogP contribution in [0.1, 0.15) is 37.8 Å². The van der Waals surface area contributed by atoms with Crippen molar-refractivity contribution in [2.45, 2.75) is 39.7 Å². The maximum atomic E-state index is 4.83. The van der Waals surface area contributed by atoms with Crippen LogP contribution in [0.5, 0.6) is 0 Å². The molecular weight excluding hydrogens is 322 g/mol. The lowest BCUT2D eigenvalue weighted by molar-refractivity contribution is 0.122. The van der Waals surface area contributed by atoms with Crippen molar-refractivity contribution in [3.8, 4) is 0 Å². The van der Waals surface area contributed by atoms with E-state index in [0.717, 1.165) is 51.8 Å². The Morgan fingerprint density at radius 2 is 1.88 bits per heavy atom. The van der Waals surface area contributed by atoms with Gasteiger partial charge in [-0.1, -0.05) is 36.8 Å². The molecule has 0 bridgehead atoms.